The highest BCUT2D eigenvalue weighted by atomic mass is 35.5. The highest BCUT2D eigenvalue weighted by molar-refractivity contribution is 6.32. The van der Waals surface area contributed by atoms with E-state index in [0.717, 1.165) is 5.56 Å². The number of ether oxygens (including phenoxy) is 2. The third-order valence-electron chi connectivity index (χ3n) is 2.25. The third-order valence-corrected chi connectivity index (χ3v) is 2.52. The Balaban J connectivity index is 2.20. The van der Waals surface area contributed by atoms with Gasteiger partial charge in [-0.05, 0) is 23.8 Å². The van der Waals surface area contributed by atoms with E-state index in [4.69, 9.17) is 26.8 Å². The lowest BCUT2D eigenvalue weighted by Gasteiger charge is -2.08. The third kappa shape index (κ3) is 3.12. The molecule has 1 aromatic carbocycles. The van der Waals surface area contributed by atoms with Crippen LogP contribution in [0.1, 0.15) is 5.56 Å². The van der Waals surface area contributed by atoms with Gasteiger partial charge in [0.25, 0.3) is 0 Å². The Morgan fingerprint density at radius 1 is 1.33 bits per heavy atom. The van der Waals surface area contributed by atoms with Gasteiger partial charge in [-0.25, -0.2) is 4.98 Å². The van der Waals surface area contributed by atoms with Gasteiger partial charge < -0.3 is 15.2 Å². The molecule has 4 nitrogen and oxygen atoms in total. The Kier molecular flexibility index (Phi) is 4.02. The van der Waals surface area contributed by atoms with E-state index in [-0.39, 0.29) is 0 Å². The average molecular weight is 265 g/mol. The lowest BCUT2D eigenvalue weighted by atomic mass is 10.2. The summed E-state index contributed by atoms with van der Waals surface area (Å²) >= 11 is 5.99. The van der Waals surface area contributed by atoms with Crippen LogP contribution < -0.4 is 10.5 Å². The molecule has 1 heterocycles. The van der Waals surface area contributed by atoms with E-state index in [1.165, 1.54) is 6.20 Å². The van der Waals surface area contributed by atoms with Crippen molar-refractivity contribution in [2.75, 3.05) is 12.8 Å². The number of pyridine rings is 1. The van der Waals surface area contributed by atoms with Gasteiger partial charge in [0.05, 0.1) is 18.5 Å². The zero-order chi connectivity index (χ0) is 13.0. The van der Waals surface area contributed by atoms with Crippen molar-refractivity contribution in [1.82, 2.24) is 4.98 Å². The van der Waals surface area contributed by atoms with Crippen molar-refractivity contribution in [1.29, 1.82) is 0 Å². The predicted molar refractivity (Wildman–Crippen MR) is 70.9 cm³/mol. The summed E-state index contributed by atoms with van der Waals surface area (Å²) in [6.45, 7) is 0.528. The number of rotatable bonds is 4. The second-order valence-electron chi connectivity index (χ2n) is 3.74. The van der Waals surface area contributed by atoms with Crippen molar-refractivity contribution in [2.24, 2.45) is 0 Å². The predicted octanol–water partition coefficient (Wildman–Crippen LogP) is 3.26. The van der Waals surface area contributed by atoms with Gasteiger partial charge in [0.2, 0.25) is 5.88 Å². The summed E-state index contributed by atoms with van der Waals surface area (Å²) in [6, 6.07) is 9.14. The SMILES string of the molecule is COCc1cccc(Oc2ncc(N)cc2Cl)c1. The molecule has 0 atom stereocenters. The van der Waals surface area contributed by atoms with Crippen LogP contribution in [0.5, 0.6) is 11.6 Å². The van der Waals surface area contributed by atoms with E-state index in [1.807, 2.05) is 24.3 Å². The van der Waals surface area contributed by atoms with Crippen molar-refractivity contribution in [3.8, 4) is 11.6 Å². The Morgan fingerprint density at radius 2 is 2.17 bits per heavy atom. The van der Waals surface area contributed by atoms with Gasteiger partial charge in [0.1, 0.15) is 10.8 Å². The van der Waals surface area contributed by atoms with E-state index in [0.29, 0.717) is 28.9 Å². The van der Waals surface area contributed by atoms with Crippen molar-refractivity contribution < 1.29 is 9.47 Å². The first-order valence-electron chi connectivity index (χ1n) is 5.36. The number of benzene rings is 1. The van der Waals surface area contributed by atoms with Crippen molar-refractivity contribution in [2.45, 2.75) is 6.61 Å². The minimum Gasteiger partial charge on any atom is -0.438 e. The maximum absolute atomic E-state index is 5.99. The summed E-state index contributed by atoms with van der Waals surface area (Å²) in [5.74, 6) is 0.990. The Bertz CT molecular complexity index is 546. The lowest BCUT2D eigenvalue weighted by Crippen LogP contribution is -1.93. The van der Waals surface area contributed by atoms with Gasteiger partial charge in [-0.2, -0.15) is 0 Å². The molecule has 0 aliphatic carbocycles. The van der Waals surface area contributed by atoms with Crippen molar-refractivity contribution in [3.05, 3.63) is 47.1 Å². The van der Waals surface area contributed by atoms with Gasteiger partial charge in [-0.15, -0.1) is 0 Å². The summed E-state index contributed by atoms with van der Waals surface area (Å²) in [4.78, 5) is 4.04. The van der Waals surface area contributed by atoms with Crippen LogP contribution in [0.4, 0.5) is 5.69 Å². The fourth-order valence-corrected chi connectivity index (χ4v) is 1.71. The maximum atomic E-state index is 5.99. The molecule has 2 rings (SSSR count). The molecule has 18 heavy (non-hydrogen) atoms. The quantitative estimate of drug-likeness (QED) is 0.921. The normalized spacial score (nSPS) is 10.3. The van der Waals surface area contributed by atoms with Crippen LogP contribution in [0.25, 0.3) is 0 Å². The first kappa shape index (κ1) is 12.7. The molecular weight excluding hydrogens is 252 g/mol. The number of hydrogen-bond donors (Lipinski definition) is 1. The zero-order valence-electron chi connectivity index (χ0n) is 9.89. The molecule has 0 bridgehead atoms. The number of nitrogens with zero attached hydrogens (tertiary/aromatic N) is 1. The number of nitrogen functional groups attached to an aromatic ring is 1. The molecule has 2 N–H and O–H groups in total. The molecular formula is C13H13ClN2O2. The monoisotopic (exact) mass is 264 g/mol. The van der Waals surface area contributed by atoms with E-state index < -0.39 is 0 Å². The number of nitrogens with two attached hydrogens (primary N) is 1. The summed E-state index contributed by atoms with van der Waals surface area (Å²) in [5.41, 5.74) is 7.08. The first-order chi connectivity index (χ1) is 8.69. The smallest absolute Gasteiger partial charge is 0.238 e. The Hall–Kier alpha value is -1.78. The molecule has 94 valence electrons. The molecule has 0 saturated carbocycles. The Morgan fingerprint density at radius 3 is 2.89 bits per heavy atom. The molecule has 0 radical (unpaired) electrons. The van der Waals surface area contributed by atoms with E-state index in [2.05, 4.69) is 4.98 Å². The van der Waals surface area contributed by atoms with E-state index >= 15 is 0 Å². The lowest BCUT2D eigenvalue weighted by molar-refractivity contribution is 0.184. The minimum absolute atomic E-state index is 0.334. The van der Waals surface area contributed by atoms with E-state index in [1.54, 1.807) is 13.2 Å². The number of methoxy groups -OCH3 is 1. The van der Waals surface area contributed by atoms with Crippen LogP contribution in [-0.2, 0) is 11.3 Å². The number of halogens is 1. The minimum atomic E-state index is 0.334. The van der Waals surface area contributed by atoms with Crippen LogP contribution in [0.15, 0.2) is 36.5 Å². The number of anilines is 1. The summed E-state index contributed by atoms with van der Waals surface area (Å²) in [5, 5.41) is 0.382. The van der Waals surface area contributed by atoms with Crippen LogP contribution >= 0.6 is 11.6 Å². The standard InChI is InChI=1S/C13H13ClN2O2/c1-17-8-9-3-2-4-11(5-9)18-13-12(14)6-10(15)7-16-13/h2-7H,8,15H2,1H3. The van der Waals surface area contributed by atoms with Gasteiger partial charge in [-0.1, -0.05) is 23.7 Å². The highest BCUT2D eigenvalue weighted by Gasteiger charge is 2.05. The fourth-order valence-electron chi connectivity index (χ4n) is 1.49. The zero-order valence-corrected chi connectivity index (χ0v) is 10.6. The fraction of sp³-hybridized carbons (Fsp3) is 0.154. The first-order valence-corrected chi connectivity index (χ1v) is 5.73. The van der Waals surface area contributed by atoms with Crippen LogP contribution in [0.3, 0.4) is 0 Å². The second kappa shape index (κ2) is 5.71. The molecule has 0 unspecified atom stereocenters. The van der Waals surface area contributed by atoms with Crippen molar-refractivity contribution >= 4 is 17.3 Å². The Labute approximate surface area is 110 Å². The summed E-state index contributed by atoms with van der Waals surface area (Å²) in [6.07, 6.45) is 1.50. The average Bonchev–Trinajstić information content (AvgIpc) is 2.34. The van der Waals surface area contributed by atoms with Crippen molar-refractivity contribution in [3.63, 3.8) is 0 Å². The number of hydrogen-bond acceptors (Lipinski definition) is 4. The summed E-state index contributed by atoms with van der Waals surface area (Å²) in [7, 11) is 1.64. The van der Waals surface area contributed by atoms with Gasteiger partial charge >= 0.3 is 0 Å². The maximum Gasteiger partial charge on any atom is 0.238 e. The molecule has 0 fully saturated rings. The molecule has 5 heteroatoms. The van der Waals surface area contributed by atoms with Crippen LogP contribution in [0.2, 0.25) is 5.02 Å². The van der Waals surface area contributed by atoms with Gasteiger partial charge in [0, 0.05) is 7.11 Å². The van der Waals surface area contributed by atoms with Gasteiger partial charge in [0.15, 0.2) is 0 Å². The van der Waals surface area contributed by atoms with E-state index in [9.17, 15) is 0 Å². The molecule has 0 aliphatic rings. The van der Waals surface area contributed by atoms with Crippen LogP contribution in [-0.4, -0.2) is 12.1 Å². The molecule has 1 aromatic heterocycles. The molecule has 2 aromatic rings. The molecule has 0 saturated heterocycles. The highest BCUT2D eigenvalue weighted by Crippen LogP contribution is 2.28. The molecule has 0 aliphatic heterocycles. The van der Waals surface area contributed by atoms with Gasteiger partial charge in [-0.3, -0.25) is 0 Å². The molecule has 0 spiro atoms. The molecule has 0 amide bonds. The number of aromatic nitrogens is 1. The second-order valence-corrected chi connectivity index (χ2v) is 4.15. The summed E-state index contributed by atoms with van der Waals surface area (Å²) < 4.78 is 10.7. The topological polar surface area (TPSA) is 57.4 Å². The van der Waals surface area contributed by atoms with Crippen LogP contribution in [0, 0.1) is 0 Å². The largest absolute Gasteiger partial charge is 0.438 e.